The number of benzene rings is 2. The first-order valence-corrected chi connectivity index (χ1v) is 8.81. The SMILES string of the molecule is C=C(C)C[C@]1(C(=O)OC)c2ccc(F)cc2C(=O)N1Cc1ccc(OC)cc1. The first kappa shape index (κ1) is 19.6. The quantitative estimate of drug-likeness (QED) is 0.562. The maximum atomic E-state index is 13.9. The number of ether oxygens (including phenoxy) is 2. The summed E-state index contributed by atoms with van der Waals surface area (Å²) in [5.41, 5.74) is 0.718. The van der Waals surface area contributed by atoms with Gasteiger partial charge in [0.15, 0.2) is 5.54 Å². The van der Waals surface area contributed by atoms with Gasteiger partial charge in [-0.25, -0.2) is 9.18 Å². The van der Waals surface area contributed by atoms with Crippen molar-refractivity contribution >= 4 is 11.9 Å². The number of methoxy groups -OCH3 is 2. The Morgan fingerprint density at radius 2 is 1.86 bits per heavy atom. The van der Waals surface area contributed by atoms with E-state index in [9.17, 15) is 14.0 Å². The minimum atomic E-state index is -1.39. The van der Waals surface area contributed by atoms with Crippen molar-refractivity contribution in [1.29, 1.82) is 0 Å². The van der Waals surface area contributed by atoms with Crippen LogP contribution in [0.1, 0.15) is 34.8 Å². The lowest BCUT2D eigenvalue weighted by Gasteiger charge is -2.37. The summed E-state index contributed by atoms with van der Waals surface area (Å²) < 4.78 is 24.1. The van der Waals surface area contributed by atoms with Crippen LogP contribution in [-0.2, 0) is 21.6 Å². The van der Waals surface area contributed by atoms with Gasteiger partial charge < -0.3 is 14.4 Å². The Kier molecular flexibility index (Phi) is 5.23. The lowest BCUT2D eigenvalue weighted by molar-refractivity contribution is -0.154. The number of hydrogen-bond acceptors (Lipinski definition) is 4. The van der Waals surface area contributed by atoms with Crippen LogP contribution in [-0.4, -0.2) is 31.0 Å². The van der Waals surface area contributed by atoms with Crippen molar-refractivity contribution in [3.8, 4) is 5.75 Å². The van der Waals surface area contributed by atoms with Gasteiger partial charge >= 0.3 is 5.97 Å². The minimum Gasteiger partial charge on any atom is -0.497 e. The molecule has 0 spiro atoms. The van der Waals surface area contributed by atoms with Crippen molar-refractivity contribution in [2.75, 3.05) is 14.2 Å². The second-order valence-corrected chi connectivity index (χ2v) is 6.92. The number of esters is 1. The molecule has 0 bridgehead atoms. The molecule has 0 N–H and O–H groups in total. The zero-order valence-corrected chi connectivity index (χ0v) is 16.1. The van der Waals surface area contributed by atoms with Gasteiger partial charge in [-0.3, -0.25) is 4.79 Å². The van der Waals surface area contributed by atoms with Crippen LogP contribution in [0.5, 0.6) is 5.75 Å². The van der Waals surface area contributed by atoms with E-state index < -0.39 is 23.2 Å². The molecule has 0 fully saturated rings. The molecule has 2 aromatic rings. The number of hydrogen-bond donors (Lipinski definition) is 0. The first-order chi connectivity index (χ1) is 13.3. The predicted octanol–water partition coefficient (Wildman–Crippen LogP) is 3.82. The van der Waals surface area contributed by atoms with E-state index in [1.165, 1.54) is 30.2 Å². The molecule has 1 aliphatic rings. The summed E-state index contributed by atoms with van der Waals surface area (Å²) in [5.74, 6) is -0.852. The fourth-order valence-corrected chi connectivity index (χ4v) is 3.73. The van der Waals surface area contributed by atoms with Crippen molar-refractivity contribution in [1.82, 2.24) is 4.90 Å². The highest BCUT2D eigenvalue weighted by Gasteiger charge is 2.55. The van der Waals surface area contributed by atoms with Crippen LogP contribution >= 0.6 is 0 Å². The number of fused-ring (bicyclic) bond motifs is 1. The molecular formula is C22H22FNO4. The van der Waals surface area contributed by atoms with Crippen molar-refractivity contribution in [3.05, 3.63) is 77.1 Å². The van der Waals surface area contributed by atoms with Crippen molar-refractivity contribution in [2.45, 2.75) is 25.4 Å². The number of rotatable bonds is 6. The zero-order chi connectivity index (χ0) is 20.5. The molecule has 0 saturated heterocycles. The van der Waals surface area contributed by atoms with E-state index in [0.717, 1.165) is 5.56 Å². The molecule has 0 aromatic heterocycles. The zero-order valence-electron chi connectivity index (χ0n) is 16.1. The lowest BCUT2D eigenvalue weighted by Crippen LogP contribution is -2.50. The third kappa shape index (κ3) is 3.15. The number of nitrogens with zero attached hydrogens (tertiary/aromatic N) is 1. The topological polar surface area (TPSA) is 55.8 Å². The van der Waals surface area contributed by atoms with Crippen molar-refractivity contribution in [2.24, 2.45) is 0 Å². The molecule has 0 radical (unpaired) electrons. The van der Waals surface area contributed by atoms with E-state index in [1.54, 1.807) is 26.2 Å². The molecule has 28 heavy (non-hydrogen) atoms. The third-order valence-corrected chi connectivity index (χ3v) is 4.94. The highest BCUT2D eigenvalue weighted by atomic mass is 19.1. The normalized spacial score (nSPS) is 18.0. The molecule has 3 rings (SSSR count). The first-order valence-electron chi connectivity index (χ1n) is 8.81. The van der Waals surface area contributed by atoms with E-state index in [-0.39, 0.29) is 18.5 Å². The van der Waals surface area contributed by atoms with Gasteiger partial charge in [-0.05, 0) is 36.8 Å². The van der Waals surface area contributed by atoms with Gasteiger partial charge in [-0.1, -0.05) is 23.8 Å². The van der Waals surface area contributed by atoms with Crippen LogP contribution in [0, 0.1) is 5.82 Å². The molecule has 2 aromatic carbocycles. The Hall–Kier alpha value is -3.15. The Labute approximate surface area is 163 Å². The Morgan fingerprint density at radius 3 is 2.43 bits per heavy atom. The van der Waals surface area contributed by atoms with Gasteiger partial charge in [0.2, 0.25) is 0 Å². The molecule has 0 aliphatic carbocycles. The van der Waals surface area contributed by atoms with Gasteiger partial charge in [0.1, 0.15) is 11.6 Å². The average Bonchev–Trinajstić information content (AvgIpc) is 2.90. The van der Waals surface area contributed by atoms with E-state index in [2.05, 4.69) is 6.58 Å². The molecule has 1 heterocycles. The summed E-state index contributed by atoms with van der Waals surface area (Å²) in [7, 11) is 2.85. The monoisotopic (exact) mass is 383 g/mol. The molecule has 0 saturated carbocycles. The summed E-state index contributed by atoms with van der Waals surface area (Å²) in [6.45, 7) is 5.86. The van der Waals surface area contributed by atoms with E-state index in [0.29, 0.717) is 16.9 Å². The highest BCUT2D eigenvalue weighted by Crippen LogP contribution is 2.45. The lowest BCUT2D eigenvalue weighted by atomic mass is 9.83. The minimum absolute atomic E-state index is 0.154. The number of carbonyl (C=O) groups is 2. The molecule has 5 nitrogen and oxygen atoms in total. The number of amides is 1. The fourth-order valence-electron chi connectivity index (χ4n) is 3.73. The van der Waals surface area contributed by atoms with Crippen LogP contribution < -0.4 is 4.74 Å². The largest absolute Gasteiger partial charge is 0.497 e. The maximum Gasteiger partial charge on any atom is 0.336 e. The average molecular weight is 383 g/mol. The van der Waals surface area contributed by atoms with Crippen LogP contribution in [0.4, 0.5) is 4.39 Å². The summed E-state index contributed by atoms with van der Waals surface area (Å²) >= 11 is 0. The molecule has 146 valence electrons. The summed E-state index contributed by atoms with van der Waals surface area (Å²) in [5, 5.41) is 0. The van der Waals surface area contributed by atoms with Crippen molar-refractivity contribution in [3.63, 3.8) is 0 Å². The smallest absolute Gasteiger partial charge is 0.336 e. The van der Waals surface area contributed by atoms with Crippen LogP contribution in [0.3, 0.4) is 0 Å². The number of halogens is 1. The predicted molar refractivity (Wildman–Crippen MR) is 102 cm³/mol. The van der Waals surface area contributed by atoms with Gasteiger partial charge in [0.05, 0.1) is 14.2 Å². The molecule has 6 heteroatoms. The van der Waals surface area contributed by atoms with Gasteiger partial charge in [0, 0.05) is 24.1 Å². The van der Waals surface area contributed by atoms with Crippen LogP contribution in [0.2, 0.25) is 0 Å². The van der Waals surface area contributed by atoms with Gasteiger partial charge in [-0.2, -0.15) is 0 Å². The summed E-state index contributed by atoms with van der Waals surface area (Å²) in [6, 6.07) is 11.1. The van der Waals surface area contributed by atoms with Gasteiger partial charge in [0.25, 0.3) is 5.91 Å². The molecular weight excluding hydrogens is 361 g/mol. The van der Waals surface area contributed by atoms with Crippen LogP contribution in [0.25, 0.3) is 0 Å². The maximum absolute atomic E-state index is 13.9. The summed E-state index contributed by atoms with van der Waals surface area (Å²) in [6.07, 6.45) is 0.181. The highest BCUT2D eigenvalue weighted by molar-refractivity contribution is 6.06. The third-order valence-electron chi connectivity index (χ3n) is 4.94. The molecule has 1 atom stereocenters. The summed E-state index contributed by atoms with van der Waals surface area (Å²) in [4.78, 5) is 27.6. The van der Waals surface area contributed by atoms with E-state index in [4.69, 9.17) is 9.47 Å². The Morgan fingerprint density at radius 1 is 1.18 bits per heavy atom. The molecule has 1 amide bonds. The Balaban J connectivity index is 2.15. The van der Waals surface area contributed by atoms with Gasteiger partial charge in [-0.15, -0.1) is 6.58 Å². The fraction of sp³-hybridized carbons (Fsp3) is 0.273. The van der Waals surface area contributed by atoms with E-state index >= 15 is 0 Å². The number of carbonyl (C=O) groups excluding carboxylic acids is 2. The van der Waals surface area contributed by atoms with Crippen molar-refractivity contribution < 1.29 is 23.5 Å². The second kappa shape index (κ2) is 7.46. The van der Waals surface area contributed by atoms with E-state index in [1.807, 2.05) is 12.1 Å². The standard InChI is InChI=1S/C22H22FNO4/c1-14(2)12-22(21(26)28-4)19-10-7-16(23)11-18(19)20(25)24(22)13-15-5-8-17(27-3)9-6-15/h5-11H,1,12-13H2,2-4H3/t22-/m1/s1. The Bertz CT molecular complexity index is 938. The van der Waals surface area contributed by atoms with Crippen LogP contribution in [0.15, 0.2) is 54.6 Å². The molecule has 0 unspecified atom stereocenters. The molecule has 1 aliphatic heterocycles. The second-order valence-electron chi connectivity index (χ2n) is 6.92.